The van der Waals surface area contributed by atoms with Gasteiger partial charge in [0, 0.05) is 18.9 Å². The Hall–Kier alpha value is -0.870. The highest BCUT2D eigenvalue weighted by Gasteiger charge is 2.10. The number of halogens is 1. The molecule has 0 saturated heterocycles. The van der Waals surface area contributed by atoms with Crippen LogP contribution < -0.4 is 10.1 Å². The first-order valence-corrected chi connectivity index (χ1v) is 6.93. The molecular formula is C14H20BrNO2. The van der Waals surface area contributed by atoms with E-state index in [0.29, 0.717) is 12.8 Å². The predicted molar refractivity (Wildman–Crippen MR) is 77.2 cm³/mol. The van der Waals surface area contributed by atoms with Crippen molar-refractivity contribution in [1.82, 2.24) is 5.32 Å². The molecule has 0 amide bonds. The number of rotatable bonds is 7. The monoisotopic (exact) mass is 313 g/mol. The number of methoxy groups -OCH3 is 1. The van der Waals surface area contributed by atoms with Gasteiger partial charge in [-0.05, 0) is 47.1 Å². The Morgan fingerprint density at radius 1 is 1.50 bits per heavy atom. The van der Waals surface area contributed by atoms with Gasteiger partial charge in [-0.2, -0.15) is 0 Å². The van der Waals surface area contributed by atoms with Gasteiger partial charge in [-0.1, -0.05) is 13.0 Å². The summed E-state index contributed by atoms with van der Waals surface area (Å²) in [5.74, 6) is 1.03. The lowest BCUT2D eigenvalue weighted by Gasteiger charge is -2.11. The fraction of sp³-hybridized carbons (Fsp3) is 0.500. The van der Waals surface area contributed by atoms with Crippen LogP contribution in [0.25, 0.3) is 0 Å². The van der Waals surface area contributed by atoms with Gasteiger partial charge in [-0.3, -0.25) is 4.79 Å². The van der Waals surface area contributed by atoms with Gasteiger partial charge in [0.05, 0.1) is 11.6 Å². The average molecular weight is 314 g/mol. The lowest BCUT2D eigenvalue weighted by atomic mass is 10.0. The maximum absolute atomic E-state index is 11.9. The summed E-state index contributed by atoms with van der Waals surface area (Å²) in [4.78, 5) is 11.9. The van der Waals surface area contributed by atoms with Crippen LogP contribution in [0.15, 0.2) is 22.7 Å². The molecule has 0 fully saturated rings. The molecule has 1 rings (SSSR count). The van der Waals surface area contributed by atoms with Crippen molar-refractivity contribution < 1.29 is 9.53 Å². The zero-order valence-electron chi connectivity index (χ0n) is 11.1. The molecule has 0 aromatic heterocycles. The maximum atomic E-state index is 11.9. The molecule has 0 aliphatic heterocycles. The Labute approximate surface area is 117 Å². The van der Waals surface area contributed by atoms with Gasteiger partial charge in [-0.15, -0.1) is 0 Å². The lowest BCUT2D eigenvalue weighted by Crippen LogP contribution is -2.28. The van der Waals surface area contributed by atoms with Crippen LogP contribution in [0.1, 0.15) is 25.8 Å². The number of Topliss-reactive ketones (excluding diaryl/α,β-unsaturated/α-hetero) is 1. The number of hydrogen-bond donors (Lipinski definition) is 1. The zero-order chi connectivity index (χ0) is 13.5. The van der Waals surface area contributed by atoms with Gasteiger partial charge in [0.2, 0.25) is 0 Å². The van der Waals surface area contributed by atoms with Gasteiger partial charge in [0.15, 0.2) is 0 Å². The summed E-state index contributed by atoms with van der Waals surface area (Å²) in [6.07, 6.45) is 1.04. The van der Waals surface area contributed by atoms with E-state index in [1.54, 1.807) is 7.11 Å². The topological polar surface area (TPSA) is 38.3 Å². The summed E-state index contributed by atoms with van der Waals surface area (Å²) >= 11 is 3.42. The van der Waals surface area contributed by atoms with E-state index in [1.807, 2.05) is 32.0 Å². The number of ether oxygens (including phenoxy) is 1. The SMILES string of the molecule is CCNC(C)CC(=O)Cc1ccc(OC)c(Br)c1. The number of carbonyl (C=O) groups excluding carboxylic acids is 1. The van der Waals surface area contributed by atoms with Crippen LogP contribution in [-0.4, -0.2) is 25.5 Å². The standard InChI is InChI=1S/C14H20BrNO2/c1-4-16-10(2)7-12(17)8-11-5-6-14(18-3)13(15)9-11/h5-6,9-10,16H,4,7-8H2,1-3H3. The molecule has 1 atom stereocenters. The second kappa shape index (κ2) is 7.54. The molecule has 0 aliphatic rings. The summed E-state index contributed by atoms with van der Waals surface area (Å²) in [6.45, 7) is 4.97. The molecule has 1 N–H and O–H groups in total. The van der Waals surface area contributed by atoms with E-state index in [0.717, 1.165) is 22.3 Å². The summed E-state index contributed by atoms with van der Waals surface area (Å²) in [6, 6.07) is 5.98. The second-order valence-corrected chi connectivity index (χ2v) is 5.20. The average Bonchev–Trinajstić information content (AvgIpc) is 2.29. The Morgan fingerprint density at radius 2 is 2.22 bits per heavy atom. The number of ketones is 1. The molecule has 0 spiro atoms. The van der Waals surface area contributed by atoms with Crippen molar-refractivity contribution in [2.45, 2.75) is 32.7 Å². The van der Waals surface area contributed by atoms with E-state index in [4.69, 9.17) is 4.74 Å². The normalized spacial score (nSPS) is 12.2. The van der Waals surface area contributed by atoms with Crippen LogP contribution in [0, 0.1) is 0 Å². The summed E-state index contributed by atoms with van der Waals surface area (Å²) in [5, 5.41) is 3.24. The molecule has 1 aromatic rings. The second-order valence-electron chi connectivity index (χ2n) is 4.35. The smallest absolute Gasteiger partial charge is 0.138 e. The van der Waals surface area contributed by atoms with Crippen LogP contribution in [0.5, 0.6) is 5.75 Å². The molecule has 0 aliphatic carbocycles. The Morgan fingerprint density at radius 3 is 2.78 bits per heavy atom. The lowest BCUT2D eigenvalue weighted by molar-refractivity contribution is -0.118. The number of hydrogen-bond acceptors (Lipinski definition) is 3. The Bertz CT molecular complexity index is 407. The summed E-state index contributed by atoms with van der Waals surface area (Å²) in [5.41, 5.74) is 1.01. The van der Waals surface area contributed by atoms with E-state index < -0.39 is 0 Å². The van der Waals surface area contributed by atoms with Crippen molar-refractivity contribution in [2.75, 3.05) is 13.7 Å². The number of carbonyl (C=O) groups is 1. The van der Waals surface area contributed by atoms with Gasteiger partial charge in [0.25, 0.3) is 0 Å². The first kappa shape index (κ1) is 15.2. The molecule has 0 saturated carbocycles. The number of nitrogens with one attached hydrogen (secondary N) is 1. The molecule has 3 nitrogen and oxygen atoms in total. The highest BCUT2D eigenvalue weighted by atomic mass is 79.9. The molecule has 1 unspecified atom stereocenters. The van der Waals surface area contributed by atoms with E-state index in [9.17, 15) is 4.79 Å². The molecule has 0 radical (unpaired) electrons. The fourth-order valence-electron chi connectivity index (χ4n) is 1.88. The van der Waals surface area contributed by atoms with Crippen molar-refractivity contribution in [2.24, 2.45) is 0 Å². The van der Waals surface area contributed by atoms with Crippen molar-refractivity contribution in [3.8, 4) is 5.75 Å². The zero-order valence-corrected chi connectivity index (χ0v) is 12.7. The minimum absolute atomic E-state index is 0.240. The van der Waals surface area contributed by atoms with Crippen LogP contribution in [0.2, 0.25) is 0 Å². The molecule has 100 valence electrons. The first-order chi connectivity index (χ1) is 8.56. The van der Waals surface area contributed by atoms with Crippen LogP contribution in [0.4, 0.5) is 0 Å². The van der Waals surface area contributed by atoms with Crippen molar-refractivity contribution >= 4 is 21.7 Å². The van der Waals surface area contributed by atoms with Crippen LogP contribution >= 0.6 is 15.9 Å². The maximum Gasteiger partial charge on any atom is 0.138 e. The minimum Gasteiger partial charge on any atom is -0.496 e. The van der Waals surface area contributed by atoms with E-state index in [-0.39, 0.29) is 11.8 Å². The van der Waals surface area contributed by atoms with E-state index in [1.165, 1.54) is 0 Å². The predicted octanol–water partition coefficient (Wildman–Crippen LogP) is 2.96. The van der Waals surface area contributed by atoms with Gasteiger partial charge in [0.1, 0.15) is 11.5 Å². The first-order valence-electron chi connectivity index (χ1n) is 6.14. The minimum atomic E-state index is 0.240. The van der Waals surface area contributed by atoms with Gasteiger partial charge >= 0.3 is 0 Å². The molecule has 4 heteroatoms. The van der Waals surface area contributed by atoms with Crippen molar-refractivity contribution in [1.29, 1.82) is 0 Å². The highest BCUT2D eigenvalue weighted by Crippen LogP contribution is 2.25. The Balaban J connectivity index is 2.57. The van der Waals surface area contributed by atoms with Crippen molar-refractivity contribution in [3.63, 3.8) is 0 Å². The number of benzene rings is 1. The molecular weight excluding hydrogens is 294 g/mol. The third-order valence-corrected chi connectivity index (χ3v) is 3.32. The largest absolute Gasteiger partial charge is 0.496 e. The fourth-order valence-corrected chi connectivity index (χ4v) is 2.47. The Kier molecular flexibility index (Phi) is 6.36. The third kappa shape index (κ3) is 4.78. The van der Waals surface area contributed by atoms with E-state index in [2.05, 4.69) is 21.2 Å². The quantitative estimate of drug-likeness (QED) is 0.841. The van der Waals surface area contributed by atoms with Crippen LogP contribution in [0.3, 0.4) is 0 Å². The van der Waals surface area contributed by atoms with Crippen molar-refractivity contribution in [3.05, 3.63) is 28.2 Å². The van der Waals surface area contributed by atoms with E-state index >= 15 is 0 Å². The molecule has 0 bridgehead atoms. The molecule has 0 heterocycles. The van der Waals surface area contributed by atoms with Gasteiger partial charge < -0.3 is 10.1 Å². The molecule has 18 heavy (non-hydrogen) atoms. The molecule has 1 aromatic carbocycles. The van der Waals surface area contributed by atoms with Crippen LogP contribution in [-0.2, 0) is 11.2 Å². The highest BCUT2D eigenvalue weighted by molar-refractivity contribution is 9.10. The summed E-state index contributed by atoms with van der Waals surface area (Å²) < 4.78 is 6.04. The van der Waals surface area contributed by atoms with Gasteiger partial charge in [-0.25, -0.2) is 0 Å². The third-order valence-electron chi connectivity index (χ3n) is 2.70. The summed E-state index contributed by atoms with van der Waals surface area (Å²) in [7, 11) is 1.63.